The van der Waals surface area contributed by atoms with Crippen molar-refractivity contribution in [3.8, 4) is 11.5 Å². The molecule has 0 heterocycles. The Balaban J connectivity index is 2.15. The number of nitrogens with two attached hydrogens (primary N) is 1. The van der Waals surface area contributed by atoms with Crippen LogP contribution < -0.4 is 20.5 Å². The van der Waals surface area contributed by atoms with Gasteiger partial charge in [0.15, 0.2) is 0 Å². The SMILES string of the molecule is CCc1c(OC(N)=O)cccc1OC(=O)Nc1ccccc1. The number of ether oxygens (including phenoxy) is 2. The number of hydrogen-bond acceptors (Lipinski definition) is 4. The molecule has 0 unspecified atom stereocenters. The lowest BCUT2D eigenvalue weighted by atomic mass is 10.1. The van der Waals surface area contributed by atoms with Crippen LogP contribution in [0.15, 0.2) is 48.5 Å². The van der Waals surface area contributed by atoms with Crippen molar-refractivity contribution in [1.82, 2.24) is 0 Å². The second-order valence-corrected chi connectivity index (χ2v) is 4.39. The van der Waals surface area contributed by atoms with E-state index in [4.69, 9.17) is 15.2 Å². The fourth-order valence-corrected chi connectivity index (χ4v) is 1.96. The molecule has 22 heavy (non-hydrogen) atoms. The minimum absolute atomic E-state index is 0.278. The van der Waals surface area contributed by atoms with E-state index in [1.54, 1.807) is 42.5 Å². The lowest BCUT2D eigenvalue weighted by molar-refractivity contribution is 0.209. The maximum absolute atomic E-state index is 11.9. The molecule has 0 fully saturated rings. The van der Waals surface area contributed by atoms with E-state index in [1.807, 2.05) is 13.0 Å². The Morgan fingerprint density at radius 2 is 1.64 bits per heavy atom. The summed E-state index contributed by atoms with van der Waals surface area (Å²) in [5.74, 6) is 0.592. The maximum Gasteiger partial charge on any atom is 0.417 e. The molecular weight excluding hydrogens is 284 g/mol. The molecule has 0 bridgehead atoms. The van der Waals surface area contributed by atoms with Crippen molar-refractivity contribution in [3.05, 3.63) is 54.1 Å². The zero-order valence-corrected chi connectivity index (χ0v) is 12.0. The van der Waals surface area contributed by atoms with Gasteiger partial charge in [-0.15, -0.1) is 0 Å². The van der Waals surface area contributed by atoms with Crippen LogP contribution in [0.2, 0.25) is 0 Å². The van der Waals surface area contributed by atoms with Crippen LogP contribution in [0.1, 0.15) is 12.5 Å². The van der Waals surface area contributed by atoms with Crippen LogP contribution in [0.3, 0.4) is 0 Å². The Labute approximate surface area is 127 Å². The number of carbonyl (C=O) groups excluding carboxylic acids is 2. The van der Waals surface area contributed by atoms with Crippen LogP contribution >= 0.6 is 0 Å². The average molecular weight is 300 g/mol. The van der Waals surface area contributed by atoms with E-state index in [1.165, 1.54) is 0 Å². The van der Waals surface area contributed by atoms with E-state index in [-0.39, 0.29) is 5.75 Å². The van der Waals surface area contributed by atoms with Gasteiger partial charge in [0.2, 0.25) is 0 Å². The molecule has 0 aliphatic carbocycles. The summed E-state index contributed by atoms with van der Waals surface area (Å²) in [7, 11) is 0. The molecule has 2 rings (SSSR count). The average Bonchev–Trinajstić information content (AvgIpc) is 2.48. The molecule has 0 saturated carbocycles. The van der Waals surface area contributed by atoms with Crippen molar-refractivity contribution < 1.29 is 19.1 Å². The number of hydrogen-bond donors (Lipinski definition) is 2. The van der Waals surface area contributed by atoms with Gasteiger partial charge in [-0.25, -0.2) is 9.59 Å². The number of amides is 2. The van der Waals surface area contributed by atoms with Crippen molar-refractivity contribution in [2.45, 2.75) is 13.3 Å². The van der Waals surface area contributed by atoms with E-state index in [0.717, 1.165) is 0 Å². The van der Waals surface area contributed by atoms with Crippen LogP contribution in [0, 0.1) is 0 Å². The van der Waals surface area contributed by atoms with Crippen molar-refractivity contribution in [3.63, 3.8) is 0 Å². The van der Waals surface area contributed by atoms with E-state index >= 15 is 0 Å². The first kappa shape index (κ1) is 15.4. The monoisotopic (exact) mass is 300 g/mol. The van der Waals surface area contributed by atoms with Crippen molar-refractivity contribution in [2.24, 2.45) is 5.73 Å². The van der Waals surface area contributed by atoms with Crippen molar-refractivity contribution in [2.75, 3.05) is 5.32 Å². The summed E-state index contributed by atoms with van der Waals surface area (Å²) in [4.78, 5) is 22.8. The third-order valence-electron chi connectivity index (χ3n) is 2.88. The van der Waals surface area contributed by atoms with Crippen LogP contribution in [-0.4, -0.2) is 12.2 Å². The number of rotatable bonds is 4. The summed E-state index contributed by atoms with van der Waals surface area (Å²) in [5.41, 5.74) is 6.23. The molecule has 2 aromatic rings. The summed E-state index contributed by atoms with van der Waals surface area (Å²) >= 11 is 0. The number of primary amides is 1. The van der Waals surface area contributed by atoms with Gasteiger partial charge in [-0.3, -0.25) is 5.32 Å². The minimum Gasteiger partial charge on any atom is -0.410 e. The van der Waals surface area contributed by atoms with Gasteiger partial charge in [-0.05, 0) is 30.7 Å². The van der Waals surface area contributed by atoms with Gasteiger partial charge in [-0.2, -0.15) is 0 Å². The molecular formula is C16H16N2O4. The molecule has 0 aliphatic rings. The lowest BCUT2D eigenvalue weighted by Crippen LogP contribution is -2.19. The molecule has 0 saturated heterocycles. The van der Waals surface area contributed by atoms with Gasteiger partial charge >= 0.3 is 12.2 Å². The van der Waals surface area contributed by atoms with E-state index < -0.39 is 12.2 Å². The number of nitrogens with one attached hydrogen (secondary N) is 1. The van der Waals surface area contributed by atoms with Gasteiger partial charge in [-0.1, -0.05) is 31.2 Å². The molecule has 2 amide bonds. The summed E-state index contributed by atoms with van der Waals surface area (Å²) in [5, 5.41) is 2.61. The molecule has 6 nitrogen and oxygen atoms in total. The minimum atomic E-state index is -0.916. The highest BCUT2D eigenvalue weighted by Gasteiger charge is 2.14. The van der Waals surface area contributed by atoms with Crippen LogP contribution in [0.4, 0.5) is 15.3 Å². The normalized spacial score (nSPS) is 9.86. The summed E-state index contributed by atoms with van der Waals surface area (Å²) in [6, 6.07) is 13.8. The first-order chi connectivity index (χ1) is 10.6. The van der Waals surface area contributed by atoms with E-state index in [9.17, 15) is 9.59 Å². The Kier molecular flexibility index (Phi) is 4.98. The first-order valence-electron chi connectivity index (χ1n) is 6.73. The zero-order valence-electron chi connectivity index (χ0n) is 12.0. The Bertz CT molecular complexity index is 671. The van der Waals surface area contributed by atoms with Crippen LogP contribution in [0.25, 0.3) is 0 Å². The fourth-order valence-electron chi connectivity index (χ4n) is 1.96. The second-order valence-electron chi connectivity index (χ2n) is 4.39. The highest BCUT2D eigenvalue weighted by molar-refractivity contribution is 5.86. The quantitative estimate of drug-likeness (QED) is 0.906. The number of anilines is 1. The third-order valence-corrected chi connectivity index (χ3v) is 2.88. The smallest absolute Gasteiger partial charge is 0.410 e. The van der Waals surface area contributed by atoms with Crippen LogP contribution in [-0.2, 0) is 6.42 Å². The van der Waals surface area contributed by atoms with Gasteiger partial charge in [0.1, 0.15) is 11.5 Å². The highest BCUT2D eigenvalue weighted by Crippen LogP contribution is 2.29. The van der Waals surface area contributed by atoms with Crippen molar-refractivity contribution >= 4 is 17.9 Å². The van der Waals surface area contributed by atoms with Crippen LogP contribution in [0.5, 0.6) is 11.5 Å². The number of para-hydroxylation sites is 1. The summed E-state index contributed by atoms with van der Waals surface area (Å²) in [6.45, 7) is 1.85. The fraction of sp³-hybridized carbons (Fsp3) is 0.125. The molecule has 3 N–H and O–H groups in total. The summed E-state index contributed by atoms with van der Waals surface area (Å²) in [6.07, 6.45) is -1.03. The largest absolute Gasteiger partial charge is 0.417 e. The molecule has 0 radical (unpaired) electrons. The second kappa shape index (κ2) is 7.12. The number of benzene rings is 2. The van der Waals surface area contributed by atoms with Gasteiger partial charge in [0, 0.05) is 11.3 Å². The molecule has 0 spiro atoms. The maximum atomic E-state index is 11.9. The van der Waals surface area contributed by atoms with E-state index in [2.05, 4.69) is 5.32 Å². The summed E-state index contributed by atoms with van der Waals surface area (Å²) < 4.78 is 10.2. The van der Waals surface area contributed by atoms with Gasteiger partial charge in [0.25, 0.3) is 0 Å². The molecule has 0 atom stereocenters. The zero-order chi connectivity index (χ0) is 15.9. The molecule has 6 heteroatoms. The Hall–Kier alpha value is -3.02. The topological polar surface area (TPSA) is 90.7 Å². The molecule has 2 aromatic carbocycles. The predicted octanol–water partition coefficient (Wildman–Crippen LogP) is 3.32. The Morgan fingerprint density at radius 3 is 2.23 bits per heavy atom. The highest BCUT2D eigenvalue weighted by atomic mass is 16.6. The lowest BCUT2D eigenvalue weighted by Gasteiger charge is -2.13. The number of carbonyl (C=O) groups is 2. The van der Waals surface area contributed by atoms with Crippen molar-refractivity contribution in [1.29, 1.82) is 0 Å². The molecule has 114 valence electrons. The third kappa shape index (κ3) is 3.99. The molecule has 0 aliphatic heterocycles. The Morgan fingerprint density at radius 1 is 1.00 bits per heavy atom. The standard InChI is InChI=1S/C16H16N2O4/c1-2-12-13(21-15(17)19)9-6-10-14(12)22-16(20)18-11-7-4-3-5-8-11/h3-10H,2H2,1H3,(H2,17,19)(H,18,20). The van der Waals surface area contributed by atoms with E-state index in [0.29, 0.717) is 23.4 Å². The molecule has 0 aromatic heterocycles. The predicted molar refractivity (Wildman–Crippen MR) is 82.1 cm³/mol. The first-order valence-corrected chi connectivity index (χ1v) is 6.73. The van der Waals surface area contributed by atoms with Gasteiger partial charge < -0.3 is 15.2 Å². The van der Waals surface area contributed by atoms with Gasteiger partial charge in [0.05, 0.1) is 0 Å².